The van der Waals surface area contributed by atoms with Gasteiger partial charge in [0.1, 0.15) is 0 Å². The van der Waals surface area contributed by atoms with Gasteiger partial charge >= 0.3 is 12.1 Å². The van der Waals surface area contributed by atoms with Gasteiger partial charge in [0.05, 0.1) is 13.0 Å². The highest BCUT2D eigenvalue weighted by Gasteiger charge is 2.54. The number of rotatable bonds is 3. The summed E-state index contributed by atoms with van der Waals surface area (Å²) < 4.78 is 9.55. The molecular formula is C9H11NO5. The minimum atomic E-state index is -0.614. The van der Waals surface area contributed by atoms with Crippen molar-refractivity contribution in [1.82, 2.24) is 4.90 Å². The first-order valence-electron chi connectivity index (χ1n) is 4.81. The number of carbonyl (C=O) groups excluding carboxylic acids is 3. The number of fused-ring (bicyclic) bond motifs is 1. The van der Waals surface area contributed by atoms with Gasteiger partial charge in [-0.3, -0.25) is 9.59 Å². The van der Waals surface area contributed by atoms with Gasteiger partial charge in [0.2, 0.25) is 5.91 Å². The Bertz CT molecular complexity index is 326. The molecule has 0 bridgehead atoms. The first-order valence-corrected chi connectivity index (χ1v) is 4.81. The Morgan fingerprint density at radius 2 is 2.33 bits per heavy atom. The highest BCUT2D eigenvalue weighted by atomic mass is 16.6. The average molecular weight is 213 g/mol. The van der Waals surface area contributed by atoms with Gasteiger partial charge in [-0.25, -0.2) is 9.69 Å². The molecule has 0 radical (unpaired) electrons. The predicted molar refractivity (Wildman–Crippen MR) is 46.5 cm³/mol. The van der Waals surface area contributed by atoms with Crippen molar-refractivity contribution in [1.29, 1.82) is 0 Å². The molecule has 6 nitrogen and oxygen atoms in total. The van der Waals surface area contributed by atoms with Crippen LogP contribution in [0.4, 0.5) is 4.79 Å². The van der Waals surface area contributed by atoms with E-state index in [0.717, 1.165) is 4.90 Å². The number of ether oxygens (including phenoxy) is 2. The molecule has 2 saturated heterocycles. The van der Waals surface area contributed by atoms with Crippen molar-refractivity contribution in [2.24, 2.45) is 5.92 Å². The van der Waals surface area contributed by atoms with Crippen molar-refractivity contribution in [3.05, 3.63) is 0 Å². The summed E-state index contributed by atoms with van der Waals surface area (Å²) in [6.45, 7) is 2.03. The van der Waals surface area contributed by atoms with E-state index in [1.807, 2.05) is 0 Å². The lowest BCUT2D eigenvalue weighted by molar-refractivity contribution is -0.152. The summed E-state index contributed by atoms with van der Waals surface area (Å²) in [5.41, 5.74) is 0. The molecule has 0 aromatic carbocycles. The van der Waals surface area contributed by atoms with E-state index in [0.29, 0.717) is 6.61 Å². The fourth-order valence-electron chi connectivity index (χ4n) is 1.85. The summed E-state index contributed by atoms with van der Waals surface area (Å²) in [6, 6.07) is 0. The highest BCUT2D eigenvalue weighted by Crippen LogP contribution is 2.36. The second-order valence-corrected chi connectivity index (χ2v) is 3.51. The van der Waals surface area contributed by atoms with Gasteiger partial charge in [-0.15, -0.1) is 0 Å². The molecule has 2 atom stereocenters. The third-order valence-electron chi connectivity index (χ3n) is 2.52. The maximum absolute atomic E-state index is 11.3. The maximum atomic E-state index is 11.3. The number of hydrogen-bond acceptors (Lipinski definition) is 5. The molecule has 2 fully saturated rings. The van der Waals surface area contributed by atoms with Crippen LogP contribution in [0.15, 0.2) is 0 Å². The second kappa shape index (κ2) is 3.52. The van der Waals surface area contributed by atoms with Crippen LogP contribution in [0.3, 0.4) is 0 Å². The van der Waals surface area contributed by atoms with Crippen LogP contribution in [0.1, 0.15) is 19.8 Å². The van der Waals surface area contributed by atoms with E-state index in [-0.39, 0.29) is 30.6 Å². The molecular weight excluding hydrogens is 202 g/mol. The zero-order valence-electron chi connectivity index (χ0n) is 8.26. The molecule has 0 spiro atoms. The lowest BCUT2D eigenvalue weighted by Crippen LogP contribution is -2.54. The minimum absolute atomic E-state index is 0.119. The Kier molecular flexibility index (Phi) is 2.34. The monoisotopic (exact) mass is 213 g/mol. The van der Waals surface area contributed by atoms with Crippen LogP contribution >= 0.6 is 0 Å². The summed E-state index contributed by atoms with van der Waals surface area (Å²) in [5.74, 6) is -0.889. The number of hydrogen-bond donors (Lipinski definition) is 0. The standard InChI is InChI=1S/C9H11NO5/c1-2-14-7(12)4-5-3-6(11)10-8(5)15-9(10)13/h5,8H,2-4H2,1H3. The molecule has 6 heteroatoms. The van der Waals surface area contributed by atoms with Gasteiger partial charge in [0.15, 0.2) is 6.23 Å². The predicted octanol–water partition coefficient (Wildman–Crippen LogP) is 0.264. The fraction of sp³-hybridized carbons (Fsp3) is 0.667. The van der Waals surface area contributed by atoms with Crippen LogP contribution in [0, 0.1) is 5.92 Å². The molecule has 0 aromatic heterocycles. The lowest BCUT2D eigenvalue weighted by atomic mass is 10.0. The average Bonchev–Trinajstić information content (AvgIpc) is 2.36. The van der Waals surface area contributed by atoms with Crippen LogP contribution in [0.5, 0.6) is 0 Å². The Labute approximate surface area is 86.1 Å². The van der Waals surface area contributed by atoms with Gasteiger partial charge in [0, 0.05) is 12.3 Å². The smallest absolute Gasteiger partial charge is 0.421 e. The van der Waals surface area contributed by atoms with Crippen molar-refractivity contribution < 1.29 is 23.9 Å². The summed E-state index contributed by atoms with van der Waals surface area (Å²) in [6.07, 6.45) is -0.866. The van der Waals surface area contributed by atoms with Crippen LogP contribution in [0.2, 0.25) is 0 Å². The topological polar surface area (TPSA) is 72.9 Å². The maximum Gasteiger partial charge on any atom is 0.421 e. The molecule has 2 rings (SSSR count). The van der Waals surface area contributed by atoms with Crippen molar-refractivity contribution in [3.63, 3.8) is 0 Å². The number of carbonyl (C=O) groups is 3. The Balaban J connectivity index is 1.93. The molecule has 2 unspecified atom stereocenters. The molecule has 2 heterocycles. The summed E-state index contributed by atoms with van der Waals surface area (Å²) in [4.78, 5) is 34.3. The van der Waals surface area contributed by atoms with E-state index in [1.54, 1.807) is 6.92 Å². The number of imide groups is 1. The first kappa shape index (κ1) is 9.95. The summed E-state index contributed by atoms with van der Waals surface area (Å²) in [5, 5.41) is 0. The van der Waals surface area contributed by atoms with Crippen LogP contribution in [0.25, 0.3) is 0 Å². The van der Waals surface area contributed by atoms with E-state index in [4.69, 9.17) is 9.47 Å². The van der Waals surface area contributed by atoms with Crippen molar-refractivity contribution >= 4 is 18.0 Å². The minimum Gasteiger partial charge on any atom is -0.466 e. The zero-order chi connectivity index (χ0) is 11.0. The highest BCUT2D eigenvalue weighted by molar-refractivity contribution is 5.98. The molecule has 2 amide bonds. The van der Waals surface area contributed by atoms with Gasteiger partial charge in [-0.2, -0.15) is 0 Å². The molecule has 15 heavy (non-hydrogen) atoms. The molecule has 2 aliphatic heterocycles. The van der Waals surface area contributed by atoms with Gasteiger partial charge in [-0.1, -0.05) is 0 Å². The van der Waals surface area contributed by atoms with E-state index < -0.39 is 12.3 Å². The van der Waals surface area contributed by atoms with E-state index >= 15 is 0 Å². The fourth-order valence-corrected chi connectivity index (χ4v) is 1.85. The Morgan fingerprint density at radius 3 is 2.87 bits per heavy atom. The van der Waals surface area contributed by atoms with Crippen molar-refractivity contribution in [3.8, 4) is 0 Å². The Hall–Kier alpha value is -1.59. The normalized spacial score (nSPS) is 28.2. The lowest BCUT2D eigenvalue weighted by Gasteiger charge is -2.34. The quantitative estimate of drug-likeness (QED) is 0.629. The molecule has 0 aromatic rings. The third-order valence-corrected chi connectivity index (χ3v) is 2.52. The van der Waals surface area contributed by atoms with Crippen molar-refractivity contribution in [2.75, 3.05) is 6.61 Å². The zero-order valence-corrected chi connectivity index (χ0v) is 8.26. The summed E-state index contributed by atoms with van der Waals surface area (Å²) in [7, 11) is 0. The largest absolute Gasteiger partial charge is 0.466 e. The van der Waals surface area contributed by atoms with E-state index in [9.17, 15) is 14.4 Å². The third kappa shape index (κ3) is 1.55. The SMILES string of the molecule is CCOC(=O)CC1CC(=O)N2C(=O)OC12. The van der Waals surface area contributed by atoms with Gasteiger partial charge in [0.25, 0.3) is 0 Å². The van der Waals surface area contributed by atoms with Crippen LogP contribution in [-0.2, 0) is 19.1 Å². The van der Waals surface area contributed by atoms with E-state index in [2.05, 4.69) is 0 Å². The molecule has 0 N–H and O–H groups in total. The summed E-state index contributed by atoms with van der Waals surface area (Å²) >= 11 is 0. The molecule has 0 aliphatic carbocycles. The van der Waals surface area contributed by atoms with E-state index in [1.165, 1.54) is 0 Å². The van der Waals surface area contributed by atoms with Crippen LogP contribution in [-0.4, -0.2) is 35.7 Å². The van der Waals surface area contributed by atoms with Gasteiger partial charge < -0.3 is 9.47 Å². The molecule has 0 saturated carbocycles. The first-order chi connectivity index (χ1) is 7.13. The number of nitrogens with zero attached hydrogens (tertiary/aromatic N) is 1. The Morgan fingerprint density at radius 1 is 1.60 bits per heavy atom. The van der Waals surface area contributed by atoms with Crippen molar-refractivity contribution in [2.45, 2.75) is 26.0 Å². The number of esters is 1. The van der Waals surface area contributed by atoms with Crippen LogP contribution < -0.4 is 0 Å². The second-order valence-electron chi connectivity index (χ2n) is 3.51. The number of amides is 2. The van der Waals surface area contributed by atoms with Gasteiger partial charge in [-0.05, 0) is 6.92 Å². The molecule has 82 valence electrons. The molecule has 2 aliphatic rings.